The number of hydrogen-bond donors (Lipinski definition) is 1. The van der Waals surface area contributed by atoms with Gasteiger partial charge in [-0.1, -0.05) is 20.8 Å². The summed E-state index contributed by atoms with van der Waals surface area (Å²) >= 11 is 0. The third-order valence-electron chi connectivity index (χ3n) is 2.51. The van der Waals surface area contributed by atoms with Crippen LogP contribution in [0.2, 0.25) is 0 Å². The van der Waals surface area contributed by atoms with Gasteiger partial charge in [-0.15, -0.1) is 0 Å². The van der Waals surface area contributed by atoms with E-state index in [-0.39, 0.29) is 11.5 Å². The number of benzene rings is 1. The average molecular weight is 250 g/mol. The zero-order valence-electron chi connectivity index (χ0n) is 12.4. The fourth-order valence-electron chi connectivity index (χ4n) is 1.92. The molecule has 0 saturated carbocycles. The third-order valence-corrected chi connectivity index (χ3v) is 2.51. The largest absolute Gasteiger partial charge is 0.489 e. The first-order chi connectivity index (χ1) is 8.19. The minimum atomic E-state index is 0.135. The van der Waals surface area contributed by atoms with Crippen LogP contribution in [0.15, 0.2) is 18.2 Å². The first-order valence-corrected chi connectivity index (χ1v) is 6.46. The van der Waals surface area contributed by atoms with Crippen LogP contribution in [0.3, 0.4) is 0 Å². The summed E-state index contributed by atoms with van der Waals surface area (Å²) in [5.74, 6) is 0.767. The number of nitrogen functional groups attached to an aromatic ring is 1. The van der Waals surface area contributed by atoms with Gasteiger partial charge in [-0.25, -0.2) is 0 Å². The molecule has 2 N–H and O–H groups in total. The van der Waals surface area contributed by atoms with Gasteiger partial charge in [0, 0.05) is 25.3 Å². The van der Waals surface area contributed by atoms with E-state index in [0.29, 0.717) is 5.69 Å². The summed E-state index contributed by atoms with van der Waals surface area (Å²) in [5.41, 5.74) is 8.01. The van der Waals surface area contributed by atoms with E-state index in [4.69, 9.17) is 10.5 Å². The van der Waals surface area contributed by atoms with Crippen LogP contribution in [0.5, 0.6) is 5.75 Å². The van der Waals surface area contributed by atoms with E-state index in [9.17, 15) is 0 Å². The molecule has 0 fully saturated rings. The summed E-state index contributed by atoms with van der Waals surface area (Å²) in [4.78, 5) is 2.23. The highest BCUT2D eigenvalue weighted by molar-refractivity contribution is 5.62. The average Bonchev–Trinajstić information content (AvgIpc) is 2.17. The summed E-state index contributed by atoms with van der Waals surface area (Å²) in [7, 11) is 2.09. The Labute approximate surface area is 111 Å². The molecule has 0 saturated heterocycles. The predicted molar refractivity (Wildman–Crippen MR) is 79.3 cm³/mol. The summed E-state index contributed by atoms with van der Waals surface area (Å²) in [6.07, 6.45) is 0.135. The van der Waals surface area contributed by atoms with E-state index in [1.807, 2.05) is 32.0 Å². The highest BCUT2D eigenvalue weighted by Crippen LogP contribution is 2.29. The molecule has 102 valence electrons. The van der Waals surface area contributed by atoms with E-state index < -0.39 is 0 Å². The van der Waals surface area contributed by atoms with Crippen LogP contribution in [0, 0.1) is 5.41 Å². The van der Waals surface area contributed by atoms with Gasteiger partial charge in [0.05, 0.1) is 11.8 Å². The number of nitrogens with two attached hydrogens (primary N) is 1. The summed E-state index contributed by atoms with van der Waals surface area (Å²) in [5, 5.41) is 0. The Morgan fingerprint density at radius 3 is 2.39 bits per heavy atom. The molecular formula is C15H26N2O. The van der Waals surface area contributed by atoms with Crippen molar-refractivity contribution in [1.82, 2.24) is 0 Å². The van der Waals surface area contributed by atoms with E-state index in [0.717, 1.165) is 18.0 Å². The zero-order valence-corrected chi connectivity index (χ0v) is 12.4. The van der Waals surface area contributed by atoms with E-state index >= 15 is 0 Å². The molecule has 18 heavy (non-hydrogen) atoms. The standard InChI is InChI=1S/C15H26N2O/c1-11(2)18-14-9-12(7-8-13(14)16)17(6)10-15(3,4)5/h7-9,11H,10,16H2,1-6H3. The predicted octanol–water partition coefficient (Wildman–Crippen LogP) is 3.54. The molecule has 0 amide bonds. The summed E-state index contributed by atoms with van der Waals surface area (Å²) in [6.45, 7) is 11.7. The lowest BCUT2D eigenvalue weighted by Gasteiger charge is -2.28. The smallest absolute Gasteiger partial charge is 0.144 e. The van der Waals surface area contributed by atoms with Crippen LogP contribution in [0.1, 0.15) is 34.6 Å². The molecule has 0 aliphatic heterocycles. The first kappa shape index (κ1) is 14.7. The van der Waals surface area contributed by atoms with Crippen molar-refractivity contribution >= 4 is 11.4 Å². The van der Waals surface area contributed by atoms with Gasteiger partial charge in [-0.2, -0.15) is 0 Å². The quantitative estimate of drug-likeness (QED) is 0.831. The van der Waals surface area contributed by atoms with Crippen molar-refractivity contribution in [2.24, 2.45) is 5.41 Å². The molecule has 0 aliphatic rings. The normalized spacial score (nSPS) is 11.7. The summed E-state index contributed by atoms with van der Waals surface area (Å²) < 4.78 is 5.71. The van der Waals surface area contributed by atoms with Crippen molar-refractivity contribution in [3.63, 3.8) is 0 Å². The maximum absolute atomic E-state index is 5.92. The second kappa shape index (κ2) is 5.51. The fraction of sp³-hybridized carbons (Fsp3) is 0.600. The van der Waals surface area contributed by atoms with Crippen LogP contribution in [0.25, 0.3) is 0 Å². The molecule has 0 unspecified atom stereocenters. The Morgan fingerprint density at radius 2 is 1.89 bits per heavy atom. The van der Waals surface area contributed by atoms with Crippen LogP contribution in [0.4, 0.5) is 11.4 Å². The lowest BCUT2D eigenvalue weighted by atomic mass is 9.96. The molecule has 0 atom stereocenters. The second-order valence-electron chi connectivity index (χ2n) is 6.31. The molecular weight excluding hydrogens is 224 g/mol. The molecule has 3 heteroatoms. The van der Waals surface area contributed by atoms with E-state index in [1.165, 1.54) is 0 Å². The lowest BCUT2D eigenvalue weighted by Crippen LogP contribution is -2.29. The molecule has 3 nitrogen and oxygen atoms in total. The van der Waals surface area contributed by atoms with Crippen LogP contribution in [-0.2, 0) is 0 Å². The Kier molecular flexibility index (Phi) is 4.49. The van der Waals surface area contributed by atoms with E-state index in [1.54, 1.807) is 0 Å². The Hall–Kier alpha value is -1.38. The maximum atomic E-state index is 5.92. The Morgan fingerprint density at radius 1 is 1.28 bits per heavy atom. The first-order valence-electron chi connectivity index (χ1n) is 6.46. The minimum Gasteiger partial charge on any atom is -0.489 e. The molecule has 1 aromatic carbocycles. The number of nitrogens with zero attached hydrogens (tertiary/aromatic N) is 1. The van der Waals surface area contributed by atoms with Crippen molar-refractivity contribution in [3.05, 3.63) is 18.2 Å². The molecule has 0 radical (unpaired) electrons. The minimum absolute atomic E-state index is 0.135. The van der Waals surface area contributed by atoms with Crippen molar-refractivity contribution in [3.8, 4) is 5.75 Å². The maximum Gasteiger partial charge on any atom is 0.144 e. The second-order valence-corrected chi connectivity index (χ2v) is 6.31. The molecule has 1 rings (SSSR count). The van der Waals surface area contributed by atoms with Crippen molar-refractivity contribution in [2.75, 3.05) is 24.2 Å². The fourth-order valence-corrected chi connectivity index (χ4v) is 1.92. The highest BCUT2D eigenvalue weighted by atomic mass is 16.5. The SMILES string of the molecule is CC(C)Oc1cc(N(C)CC(C)(C)C)ccc1N. The van der Waals surface area contributed by atoms with Crippen molar-refractivity contribution in [1.29, 1.82) is 0 Å². The monoisotopic (exact) mass is 250 g/mol. The van der Waals surface area contributed by atoms with Gasteiger partial charge in [0.15, 0.2) is 0 Å². The Balaban J connectivity index is 2.90. The highest BCUT2D eigenvalue weighted by Gasteiger charge is 2.15. The lowest BCUT2D eigenvalue weighted by molar-refractivity contribution is 0.244. The number of ether oxygens (including phenoxy) is 1. The molecule has 1 aromatic rings. The third kappa shape index (κ3) is 4.47. The molecule has 0 spiro atoms. The summed E-state index contributed by atoms with van der Waals surface area (Å²) in [6, 6.07) is 5.96. The zero-order chi connectivity index (χ0) is 13.9. The molecule has 0 aliphatic carbocycles. The number of hydrogen-bond acceptors (Lipinski definition) is 3. The van der Waals surface area contributed by atoms with Crippen LogP contribution >= 0.6 is 0 Å². The number of rotatable bonds is 4. The van der Waals surface area contributed by atoms with E-state index in [2.05, 4.69) is 32.7 Å². The van der Waals surface area contributed by atoms with Crippen molar-refractivity contribution < 1.29 is 4.74 Å². The van der Waals surface area contributed by atoms with Gasteiger partial charge in [0.2, 0.25) is 0 Å². The van der Waals surface area contributed by atoms with Gasteiger partial charge in [0.1, 0.15) is 5.75 Å². The molecule has 0 bridgehead atoms. The van der Waals surface area contributed by atoms with Gasteiger partial charge in [-0.3, -0.25) is 0 Å². The van der Waals surface area contributed by atoms with Gasteiger partial charge < -0.3 is 15.4 Å². The van der Waals surface area contributed by atoms with Crippen LogP contribution in [-0.4, -0.2) is 19.7 Å². The van der Waals surface area contributed by atoms with Gasteiger partial charge in [0.25, 0.3) is 0 Å². The Bertz CT molecular complexity index is 394. The van der Waals surface area contributed by atoms with Crippen LogP contribution < -0.4 is 15.4 Å². The van der Waals surface area contributed by atoms with Gasteiger partial charge >= 0.3 is 0 Å². The number of anilines is 2. The molecule has 0 aromatic heterocycles. The van der Waals surface area contributed by atoms with Gasteiger partial charge in [-0.05, 0) is 31.4 Å². The topological polar surface area (TPSA) is 38.5 Å². The molecule has 0 heterocycles. The van der Waals surface area contributed by atoms with Crippen molar-refractivity contribution in [2.45, 2.75) is 40.7 Å².